The van der Waals surface area contributed by atoms with Crippen LogP contribution in [-0.4, -0.2) is 33.2 Å². The Kier molecular flexibility index (Phi) is 4.30. The van der Waals surface area contributed by atoms with E-state index < -0.39 is 0 Å². The molecular formula is C14H17N3O2. The van der Waals surface area contributed by atoms with Gasteiger partial charge in [0.1, 0.15) is 5.69 Å². The molecule has 1 aromatic heterocycles. The Balaban J connectivity index is 1.97. The first kappa shape index (κ1) is 13.3. The topological polar surface area (TPSA) is 67.2 Å². The second-order valence-corrected chi connectivity index (χ2v) is 4.47. The summed E-state index contributed by atoms with van der Waals surface area (Å²) < 4.78 is 1.71. The van der Waals surface area contributed by atoms with Crippen LogP contribution in [0, 0.1) is 0 Å². The maximum atomic E-state index is 11.9. The third-order valence-electron chi connectivity index (χ3n) is 2.82. The summed E-state index contributed by atoms with van der Waals surface area (Å²) in [6.07, 6.45) is 3.81. The van der Waals surface area contributed by atoms with Gasteiger partial charge in [-0.1, -0.05) is 30.3 Å². The van der Waals surface area contributed by atoms with Crippen molar-refractivity contribution < 1.29 is 9.90 Å². The zero-order valence-electron chi connectivity index (χ0n) is 10.8. The fourth-order valence-corrected chi connectivity index (χ4v) is 1.85. The van der Waals surface area contributed by atoms with Gasteiger partial charge in [-0.2, -0.15) is 0 Å². The minimum Gasteiger partial charge on any atom is -0.394 e. The molecule has 5 nitrogen and oxygen atoms in total. The summed E-state index contributed by atoms with van der Waals surface area (Å²) in [5.41, 5.74) is 1.43. The Labute approximate surface area is 111 Å². The molecule has 19 heavy (non-hydrogen) atoms. The van der Waals surface area contributed by atoms with Crippen LogP contribution in [0.3, 0.4) is 0 Å². The first-order chi connectivity index (χ1) is 9.19. The van der Waals surface area contributed by atoms with Crippen LogP contribution in [0.2, 0.25) is 0 Å². The monoisotopic (exact) mass is 259 g/mol. The van der Waals surface area contributed by atoms with Gasteiger partial charge < -0.3 is 15.0 Å². The average molecular weight is 259 g/mol. The molecule has 100 valence electrons. The van der Waals surface area contributed by atoms with Crippen molar-refractivity contribution in [1.82, 2.24) is 14.9 Å². The maximum absolute atomic E-state index is 11.9. The number of aryl methyl sites for hydroxylation is 1. The number of amides is 1. The van der Waals surface area contributed by atoms with E-state index in [0.717, 1.165) is 5.56 Å². The highest BCUT2D eigenvalue weighted by molar-refractivity contribution is 5.92. The van der Waals surface area contributed by atoms with Gasteiger partial charge in [-0.05, 0) is 12.0 Å². The molecule has 0 aliphatic heterocycles. The lowest BCUT2D eigenvalue weighted by atomic mass is 10.1. The van der Waals surface area contributed by atoms with E-state index in [4.69, 9.17) is 0 Å². The van der Waals surface area contributed by atoms with Gasteiger partial charge in [-0.25, -0.2) is 4.98 Å². The molecule has 1 atom stereocenters. The molecule has 0 saturated heterocycles. The van der Waals surface area contributed by atoms with Gasteiger partial charge in [0.2, 0.25) is 0 Å². The molecule has 1 unspecified atom stereocenters. The van der Waals surface area contributed by atoms with E-state index in [9.17, 15) is 9.90 Å². The largest absolute Gasteiger partial charge is 0.394 e. The molecule has 0 spiro atoms. The number of rotatable bonds is 5. The SMILES string of the molecule is Cn1cnc(C(=O)NC(CO)Cc2ccccc2)c1. The van der Waals surface area contributed by atoms with Gasteiger partial charge in [0.25, 0.3) is 5.91 Å². The molecule has 0 radical (unpaired) electrons. The number of nitrogens with zero attached hydrogens (tertiary/aromatic N) is 2. The third-order valence-corrected chi connectivity index (χ3v) is 2.82. The zero-order valence-corrected chi connectivity index (χ0v) is 10.8. The number of aliphatic hydroxyl groups is 1. The first-order valence-electron chi connectivity index (χ1n) is 6.12. The first-order valence-corrected chi connectivity index (χ1v) is 6.12. The Morgan fingerprint density at radius 2 is 2.16 bits per heavy atom. The fourth-order valence-electron chi connectivity index (χ4n) is 1.85. The Bertz CT molecular complexity index is 537. The molecular weight excluding hydrogens is 242 g/mol. The quantitative estimate of drug-likeness (QED) is 0.832. The molecule has 5 heteroatoms. The summed E-state index contributed by atoms with van der Waals surface area (Å²) in [6.45, 7) is -0.104. The number of aromatic nitrogens is 2. The van der Waals surface area contributed by atoms with Crippen molar-refractivity contribution in [3.63, 3.8) is 0 Å². The van der Waals surface area contributed by atoms with E-state index in [1.807, 2.05) is 30.3 Å². The number of hydrogen-bond donors (Lipinski definition) is 2. The second kappa shape index (κ2) is 6.15. The lowest BCUT2D eigenvalue weighted by molar-refractivity contribution is 0.0912. The van der Waals surface area contributed by atoms with Crippen LogP contribution in [0.4, 0.5) is 0 Å². The molecule has 0 saturated carbocycles. The number of hydrogen-bond acceptors (Lipinski definition) is 3. The number of carbonyl (C=O) groups is 1. The summed E-state index contributed by atoms with van der Waals surface area (Å²) in [6, 6.07) is 9.43. The average Bonchev–Trinajstić information content (AvgIpc) is 2.86. The van der Waals surface area contributed by atoms with Crippen molar-refractivity contribution >= 4 is 5.91 Å². The molecule has 2 aromatic rings. The van der Waals surface area contributed by atoms with Crippen molar-refractivity contribution in [3.05, 3.63) is 54.1 Å². The van der Waals surface area contributed by atoms with E-state index in [0.29, 0.717) is 12.1 Å². The van der Waals surface area contributed by atoms with Crippen molar-refractivity contribution in [2.75, 3.05) is 6.61 Å². The third kappa shape index (κ3) is 3.66. The van der Waals surface area contributed by atoms with Crippen molar-refractivity contribution in [2.45, 2.75) is 12.5 Å². The molecule has 0 bridgehead atoms. The lowest BCUT2D eigenvalue weighted by Gasteiger charge is -2.15. The van der Waals surface area contributed by atoms with Crippen LogP contribution in [0.1, 0.15) is 16.1 Å². The van der Waals surface area contributed by atoms with Crippen molar-refractivity contribution in [2.24, 2.45) is 7.05 Å². The zero-order chi connectivity index (χ0) is 13.7. The van der Waals surface area contributed by atoms with E-state index in [1.165, 1.54) is 0 Å². The van der Waals surface area contributed by atoms with Crippen LogP contribution in [0.5, 0.6) is 0 Å². The highest BCUT2D eigenvalue weighted by atomic mass is 16.3. The Morgan fingerprint density at radius 3 is 2.74 bits per heavy atom. The minimum absolute atomic E-state index is 0.104. The molecule has 2 N–H and O–H groups in total. The Morgan fingerprint density at radius 1 is 1.42 bits per heavy atom. The number of nitrogens with one attached hydrogen (secondary N) is 1. The molecule has 0 aliphatic rings. The van der Waals surface area contributed by atoms with Crippen LogP contribution in [0.15, 0.2) is 42.9 Å². The van der Waals surface area contributed by atoms with E-state index in [2.05, 4.69) is 10.3 Å². The van der Waals surface area contributed by atoms with Gasteiger partial charge >= 0.3 is 0 Å². The van der Waals surface area contributed by atoms with Gasteiger partial charge in [0.05, 0.1) is 19.0 Å². The summed E-state index contributed by atoms with van der Waals surface area (Å²) in [4.78, 5) is 15.9. The molecule has 1 aromatic carbocycles. The van der Waals surface area contributed by atoms with Gasteiger partial charge in [-0.15, -0.1) is 0 Å². The molecule has 1 amide bonds. The fraction of sp³-hybridized carbons (Fsp3) is 0.286. The molecule has 0 aliphatic carbocycles. The summed E-state index contributed by atoms with van der Waals surface area (Å²) in [5, 5.41) is 12.1. The highest BCUT2D eigenvalue weighted by Crippen LogP contribution is 2.04. The molecule has 2 rings (SSSR count). The standard InChI is InChI=1S/C14H17N3O2/c1-17-8-13(15-10-17)14(19)16-12(9-18)7-11-5-3-2-4-6-11/h2-6,8,10,12,18H,7,9H2,1H3,(H,16,19). The minimum atomic E-state index is -0.308. The number of imidazole rings is 1. The van der Waals surface area contributed by atoms with Crippen molar-refractivity contribution in [1.29, 1.82) is 0 Å². The van der Waals surface area contributed by atoms with Crippen molar-refractivity contribution in [3.8, 4) is 0 Å². The van der Waals surface area contributed by atoms with Gasteiger partial charge in [-0.3, -0.25) is 4.79 Å². The second-order valence-electron chi connectivity index (χ2n) is 4.47. The molecule has 0 fully saturated rings. The predicted octanol–water partition coefficient (Wildman–Crippen LogP) is 0.753. The Hall–Kier alpha value is -2.14. The van der Waals surface area contributed by atoms with Crippen LogP contribution in [-0.2, 0) is 13.5 Å². The van der Waals surface area contributed by atoms with E-state index in [-0.39, 0.29) is 18.6 Å². The van der Waals surface area contributed by atoms with Gasteiger partial charge in [0.15, 0.2) is 0 Å². The number of aliphatic hydroxyl groups excluding tert-OH is 1. The summed E-state index contributed by atoms with van der Waals surface area (Å²) in [5.74, 6) is -0.268. The van der Waals surface area contributed by atoms with Crippen LogP contribution in [0.25, 0.3) is 0 Å². The smallest absolute Gasteiger partial charge is 0.271 e. The van der Waals surface area contributed by atoms with E-state index >= 15 is 0 Å². The maximum Gasteiger partial charge on any atom is 0.271 e. The van der Waals surface area contributed by atoms with Crippen LogP contribution < -0.4 is 5.32 Å². The number of carbonyl (C=O) groups excluding carboxylic acids is 1. The molecule has 1 heterocycles. The normalized spacial score (nSPS) is 12.1. The van der Waals surface area contributed by atoms with Crippen LogP contribution >= 0.6 is 0 Å². The predicted molar refractivity (Wildman–Crippen MR) is 71.7 cm³/mol. The van der Waals surface area contributed by atoms with E-state index in [1.54, 1.807) is 24.1 Å². The summed E-state index contributed by atoms with van der Waals surface area (Å²) >= 11 is 0. The highest BCUT2D eigenvalue weighted by Gasteiger charge is 2.15. The van der Waals surface area contributed by atoms with Gasteiger partial charge in [0, 0.05) is 13.2 Å². The summed E-state index contributed by atoms with van der Waals surface area (Å²) in [7, 11) is 1.80. The number of benzene rings is 1. The lowest BCUT2D eigenvalue weighted by Crippen LogP contribution is -2.39.